The Morgan fingerprint density at radius 1 is 1.33 bits per heavy atom. The molecule has 6 nitrogen and oxygen atoms in total. The highest BCUT2D eigenvalue weighted by molar-refractivity contribution is 5.83. The Balaban J connectivity index is 1.43. The average molecular weight is 325 g/mol. The van der Waals surface area contributed by atoms with Crippen LogP contribution < -0.4 is 0 Å². The van der Waals surface area contributed by atoms with Gasteiger partial charge in [-0.25, -0.2) is 9.67 Å². The number of rotatable bonds is 3. The van der Waals surface area contributed by atoms with Gasteiger partial charge in [-0.15, -0.1) is 0 Å². The third-order valence-corrected chi connectivity index (χ3v) is 5.18. The van der Waals surface area contributed by atoms with Crippen LogP contribution in [0.2, 0.25) is 0 Å². The van der Waals surface area contributed by atoms with Gasteiger partial charge in [0.2, 0.25) is 5.91 Å². The summed E-state index contributed by atoms with van der Waals surface area (Å²) in [4.78, 5) is 23.5. The maximum Gasteiger partial charge on any atom is 0.226 e. The van der Waals surface area contributed by atoms with E-state index < -0.39 is 0 Å². The van der Waals surface area contributed by atoms with Crippen molar-refractivity contribution in [3.63, 3.8) is 0 Å². The van der Waals surface area contributed by atoms with E-state index in [-0.39, 0.29) is 12.0 Å². The first kappa shape index (κ1) is 15.3. The van der Waals surface area contributed by atoms with Crippen molar-refractivity contribution in [3.05, 3.63) is 41.7 Å². The van der Waals surface area contributed by atoms with Crippen LogP contribution in [0.4, 0.5) is 0 Å². The second-order valence-electron chi connectivity index (χ2n) is 6.97. The summed E-state index contributed by atoms with van der Waals surface area (Å²) < 4.78 is 2.00. The highest BCUT2D eigenvalue weighted by atomic mass is 16.2. The zero-order valence-electron chi connectivity index (χ0n) is 14.2. The van der Waals surface area contributed by atoms with Crippen LogP contribution in [0, 0.1) is 19.8 Å². The highest BCUT2D eigenvalue weighted by Gasteiger charge is 2.46. The van der Waals surface area contributed by atoms with E-state index in [1.54, 1.807) is 6.20 Å². The van der Waals surface area contributed by atoms with E-state index in [0.29, 0.717) is 11.8 Å². The van der Waals surface area contributed by atoms with E-state index >= 15 is 0 Å². The van der Waals surface area contributed by atoms with E-state index in [2.05, 4.69) is 21.1 Å². The molecule has 1 saturated heterocycles. The van der Waals surface area contributed by atoms with Crippen LogP contribution in [0.25, 0.3) is 0 Å². The molecule has 0 radical (unpaired) electrons. The average Bonchev–Trinajstić information content (AvgIpc) is 3.33. The SMILES string of the molecule is Cc1nc(C)n([C@@H]2CCCN(C(=O)[C@@H]3C[C@@H]3c3cccnc3)C2)n1. The van der Waals surface area contributed by atoms with Gasteiger partial charge in [-0.05, 0) is 50.7 Å². The standard InChI is InChI=1S/C18H23N5O/c1-12-20-13(2)23(21-12)15-6-4-8-22(11-15)18(24)17-9-16(17)14-5-3-7-19-10-14/h3,5,7,10,15-17H,4,6,8-9,11H2,1-2H3/t15-,16-,17-/m1/s1. The van der Waals surface area contributed by atoms with E-state index in [1.165, 1.54) is 5.56 Å². The van der Waals surface area contributed by atoms with E-state index in [1.807, 2.05) is 35.7 Å². The molecule has 1 aliphatic carbocycles. The second-order valence-corrected chi connectivity index (χ2v) is 6.97. The van der Waals surface area contributed by atoms with Crippen LogP contribution in [-0.4, -0.2) is 43.6 Å². The molecule has 1 amide bonds. The van der Waals surface area contributed by atoms with Gasteiger partial charge in [-0.2, -0.15) is 5.10 Å². The predicted octanol–water partition coefficient (Wildman–Crippen LogP) is 2.26. The Morgan fingerprint density at radius 3 is 2.92 bits per heavy atom. The van der Waals surface area contributed by atoms with Crippen molar-refractivity contribution in [2.24, 2.45) is 5.92 Å². The molecule has 126 valence electrons. The van der Waals surface area contributed by atoms with Gasteiger partial charge in [0.15, 0.2) is 0 Å². The number of aromatic nitrogens is 4. The number of nitrogens with zero attached hydrogens (tertiary/aromatic N) is 5. The first-order valence-corrected chi connectivity index (χ1v) is 8.72. The molecule has 1 saturated carbocycles. The second kappa shape index (κ2) is 6.00. The van der Waals surface area contributed by atoms with Gasteiger partial charge in [-0.3, -0.25) is 9.78 Å². The number of amides is 1. The minimum absolute atomic E-state index is 0.131. The smallest absolute Gasteiger partial charge is 0.226 e. The number of hydrogen-bond donors (Lipinski definition) is 0. The summed E-state index contributed by atoms with van der Waals surface area (Å²) in [5.74, 6) is 2.51. The van der Waals surface area contributed by atoms with Crippen molar-refractivity contribution in [1.29, 1.82) is 0 Å². The number of aryl methyl sites for hydroxylation is 2. The summed E-state index contributed by atoms with van der Waals surface area (Å²) in [7, 11) is 0. The molecule has 3 atom stereocenters. The number of likely N-dealkylation sites (tertiary alicyclic amines) is 1. The summed E-state index contributed by atoms with van der Waals surface area (Å²) in [5, 5.41) is 4.51. The van der Waals surface area contributed by atoms with Crippen molar-refractivity contribution in [2.45, 2.75) is 45.1 Å². The molecule has 6 heteroatoms. The highest BCUT2D eigenvalue weighted by Crippen LogP contribution is 2.48. The summed E-state index contributed by atoms with van der Waals surface area (Å²) in [6.07, 6.45) is 6.70. The lowest BCUT2D eigenvalue weighted by Gasteiger charge is -2.33. The number of hydrogen-bond acceptors (Lipinski definition) is 4. The molecule has 2 aromatic heterocycles. The lowest BCUT2D eigenvalue weighted by molar-refractivity contribution is -0.134. The number of pyridine rings is 1. The van der Waals surface area contributed by atoms with Crippen molar-refractivity contribution in [2.75, 3.05) is 13.1 Å². The van der Waals surface area contributed by atoms with Crippen molar-refractivity contribution in [1.82, 2.24) is 24.6 Å². The lowest BCUT2D eigenvalue weighted by Crippen LogP contribution is -2.42. The molecule has 3 heterocycles. The minimum atomic E-state index is 0.131. The minimum Gasteiger partial charge on any atom is -0.340 e. The molecule has 0 aromatic carbocycles. The molecule has 4 rings (SSSR count). The van der Waals surface area contributed by atoms with Gasteiger partial charge in [0, 0.05) is 31.4 Å². The monoisotopic (exact) mass is 325 g/mol. The molecular weight excluding hydrogens is 302 g/mol. The van der Waals surface area contributed by atoms with Crippen LogP contribution in [-0.2, 0) is 4.79 Å². The predicted molar refractivity (Wildman–Crippen MR) is 89.4 cm³/mol. The maximum atomic E-state index is 12.9. The fourth-order valence-corrected chi connectivity index (χ4v) is 3.90. The molecule has 1 aliphatic heterocycles. The number of carbonyl (C=O) groups is 1. The van der Waals surface area contributed by atoms with Gasteiger partial charge < -0.3 is 4.90 Å². The first-order valence-electron chi connectivity index (χ1n) is 8.72. The summed E-state index contributed by atoms with van der Waals surface area (Å²) in [6, 6.07) is 4.27. The van der Waals surface area contributed by atoms with Crippen molar-refractivity contribution < 1.29 is 4.79 Å². The zero-order chi connectivity index (χ0) is 16.7. The zero-order valence-corrected chi connectivity index (χ0v) is 14.2. The van der Waals surface area contributed by atoms with Crippen molar-refractivity contribution in [3.8, 4) is 0 Å². The molecule has 2 fully saturated rings. The normalized spacial score (nSPS) is 26.4. The van der Waals surface area contributed by atoms with E-state index in [4.69, 9.17) is 0 Å². The van der Waals surface area contributed by atoms with Crippen LogP contribution in [0.3, 0.4) is 0 Å². The topological polar surface area (TPSA) is 63.9 Å². The first-order chi connectivity index (χ1) is 11.6. The van der Waals surface area contributed by atoms with Gasteiger partial charge >= 0.3 is 0 Å². The molecule has 0 unspecified atom stereocenters. The Bertz CT molecular complexity index is 741. The van der Waals surface area contributed by atoms with Crippen LogP contribution in [0.15, 0.2) is 24.5 Å². The quantitative estimate of drug-likeness (QED) is 0.868. The fourth-order valence-electron chi connectivity index (χ4n) is 3.90. The summed E-state index contributed by atoms with van der Waals surface area (Å²) >= 11 is 0. The van der Waals surface area contributed by atoms with E-state index in [9.17, 15) is 4.79 Å². The maximum absolute atomic E-state index is 12.9. The third-order valence-electron chi connectivity index (χ3n) is 5.18. The van der Waals surface area contributed by atoms with Crippen molar-refractivity contribution >= 4 is 5.91 Å². The van der Waals surface area contributed by atoms with Gasteiger partial charge in [-0.1, -0.05) is 6.07 Å². The number of piperidine rings is 1. The summed E-state index contributed by atoms with van der Waals surface area (Å²) in [6.45, 7) is 5.51. The third kappa shape index (κ3) is 2.81. The molecule has 2 aromatic rings. The lowest BCUT2D eigenvalue weighted by atomic mass is 10.0. The number of carbonyl (C=O) groups excluding carboxylic acids is 1. The largest absolute Gasteiger partial charge is 0.340 e. The van der Waals surface area contributed by atoms with Gasteiger partial charge in [0.25, 0.3) is 0 Å². The van der Waals surface area contributed by atoms with Gasteiger partial charge in [0.05, 0.1) is 6.04 Å². The van der Waals surface area contributed by atoms with E-state index in [0.717, 1.165) is 44.0 Å². The molecule has 0 spiro atoms. The molecule has 0 bridgehead atoms. The Labute approximate surface area is 141 Å². The Hall–Kier alpha value is -2.24. The molecule has 24 heavy (non-hydrogen) atoms. The van der Waals surface area contributed by atoms with Gasteiger partial charge in [0.1, 0.15) is 11.6 Å². The fraction of sp³-hybridized carbons (Fsp3) is 0.556. The van der Waals surface area contributed by atoms with Crippen LogP contribution in [0.5, 0.6) is 0 Å². The summed E-state index contributed by atoms with van der Waals surface area (Å²) in [5.41, 5.74) is 1.19. The molecular formula is C18H23N5O. The van der Waals surface area contributed by atoms with Crippen LogP contribution in [0.1, 0.15) is 48.4 Å². The molecule has 0 N–H and O–H groups in total. The molecule has 2 aliphatic rings. The Morgan fingerprint density at radius 2 is 2.21 bits per heavy atom. The Kier molecular flexibility index (Phi) is 3.82. The van der Waals surface area contributed by atoms with Crippen LogP contribution >= 0.6 is 0 Å².